The fourth-order valence-electron chi connectivity index (χ4n) is 2.53. The number of anilines is 1. The van der Waals surface area contributed by atoms with Gasteiger partial charge >= 0.3 is 0 Å². The average molecular weight is 292 g/mol. The first-order chi connectivity index (χ1) is 10.2. The van der Waals surface area contributed by atoms with Gasteiger partial charge in [-0.2, -0.15) is 0 Å². The zero-order chi connectivity index (χ0) is 15.2. The van der Waals surface area contributed by atoms with Crippen molar-refractivity contribution >= 4 is 11.6 Å². The first-order valence-electron chi connectivity index (χ1n) is 7.56. The third-order valence-electron chi connectivity index (χ3n) is 3.67. The molecule has 0 bridgehead atoms. The summed E-state index contributed by atoms with van der Waals surface area (Å²) >= 11 is 0. The number of hydrogen-bond donors (Lipinski definition) is 2. The normalized spacial score (nSPS) is 21.1. The van der Waals surface area contributed by atoms with E-state index in [1.165, 1.54) is 0 Å². The summed E-state index contributed by atoms with van der Waals surface area (Å²) in [5.41, 5.74) is 0.673. The third-order valence-corrected chi connectivity index (χ3v) is 3.67. The molecule has 1 saturated heterocycles. The van der Waals surface area contributed by atoms with E-state index in [0.29, 0.717) is 30.6 Å². The van der Waals surface area contributed by atoms with Gasteiger partial charge in [0.2, 0.25) is 5.91 Å². The maximum Gasteiger partial charge on any atom is 0.229 e. The van der Waals surface area contributed by atoms with E-state index in [1.807, 2.05) is 32.0 Å². The molecular weight excluding hydrogens is 268 g/mol. The second-order valence-electron chi connectivity index (χ2n) is 5.26. The molecule has 21 heavy (non-hydrogen) atoms. The average Bonchev–Trinajstić information content (AvgIpc) is 2.88. The Morgan fingerprint density at radius 3 is 2.67 bits per heavy atom. The van der Waals surface area contributed by atoms with Crippen molar-refractivity contribution in [1.29, 1.82) is 0 Å². The molecule has 116 valence electrons. The van der Waals surface area contributed by atoms with Gasteiger partial charge in [-0.1, -0.05) is 6.92 Å². The van der Waals surface area contributed by atoms with E-state index in [9.17, 15) is 4.79 Å². The van der Waals surface area contributed by atoms with Crippen molar-refractivity contribution in [2.75, 3.05) is 31.6 Å². The molecule has 1 aliphatic heterocycles. The van der Waals surface area contributed by atoms with Crippen LogP contribution >= 0.6 is 0 Å². The van der Waals surface area contributed by atoms with Gasteiger partial charge in [-0.05, 0) is 38.4 Å². The summed E-state index contributed by atoms with van der Waals surface area (Å²) in [5, 5.41) is 6.23. The lowest BCUT2D eigenvalue weighted by atomic mass is 9.97. The Bertz CT molecular complexity index is 490. The van der Waals surface area contributed by atoms with Crippen LogP contribution in [0.25, 0.3) is 0 Å². The molecule has 2 atom stereocenters. The zero-order valence-corrected chi connectivity index (χ0v) is 12.9. The van der Waals surface area contributed by atoms with E-state index in [1.54, 1.807) is 0 Å². The predicted molar refractivity (Wildman–Crippen MR) is 82.9 cm³/mol. The molecule has 0 saturated carbocycles. The van der Waals surface area contributed by atoms with Crippen LogP contribution in [0.15, 0.2) is 18.2 Å². The van der Waals surface area contributed by atoms with Gasteiger partial charge in [-0.15, -0.1) is 0 Å². The molecule has 2 N–H and O–H groups in total. The molecule has 1 aromatic carbocycles. The van der Waals surface area contributed by atoms with Gasteiger partial charge in [0.25, 0.3) is 0 Å². The SMILES string of the molecule is CCOc1ccc(OCC)c(NC(=O)C2CNCC2C)c1. The smallest absolute Gasteiger partial charge is 0.229 e. The largest absolute Gasteiger partial charge is 0.494 e. The minimum Gasteiger partial charge on any atom is -0.494 e. The highest BCUT2D eigenvalue weighted by molar-refractivity contribution is 5.94. The number of ether oxygens (including phenoxy) is 2. The first kappa shape index (κ1) is 15.6. The lowest BCUT2D eigenvalue weighted by Gasteiger charge is -2.17. The van der Waals surface area contributed by atoms with E-state index < -0.39 is 0 Å². The number of rotatable bonds is 6. The number of nitrogens with one attached hydrogen (secondary N) is 2. The molecule has 1 aliphatic rings. The molecule has 1 fully saturated rings. The van der Waals surface area contributed by atoms with Gasteiger partial charge in [0.1, 0.15) is 11.5 Å². The highest BCUT2D eigenvalue weighted by atomic mass is 16.5. The van der Waals surface area contributed by atoms with Crippen molar-refractivity contribution in [3.8, 4) is 11.5 Å². The number of amides is 1. The molecule has 1 amide bonds. The van der Waals surface area contributed by atoms with Gasteiger partial charge in [-0.3, -0.25) is 4.79 Å². The second-order valence-corrected chi connectivity index (χ2v) is 5.26. The Hall–Kier alpha value is -1.75. The van der Waals surface area contributed by atoms with E-state index in [2.05, 4.69) is 17.6 Å². The summed E-state index contributed by atoms with van der Waals surface area (Å²) in [6.45, 7) is 8.69. The highest BCUT2D eigenvalue weighted by Crippen LogP contribution is 2.30. The molecule has 0 radical (unpaired) electrons. The van der Waals surface area contributed by atoms with Crippen molar-refractivity contribution in [3.05, 3.63) is 18.2 Å². The summed E-state index contributed by atoms with van der Waals surface area (Å²) in [7, 11) is 0. The quantitative estimate of drug-likeness (QED) is 0.844. The van der Waals surface area contributed by atoms with Gasteiger partial charge in [0, 0.05) is 12.6 Å². The van der Waals surface area contributed by atoms with Crippen molar-refractivity contribution in [3.63, 3.8) is 0 Å². The number of hydrogen-bond acceptors (Lipinski definition) is 4. The van der Waals surface area contributed by atoms with Crippen LogP contribution in [0.1, 0.15) is 20.8 Å². The van der Waals surface area contributed by atoms with Crippen LogP contribution in [0.5, 0.6) is 11.5 Å². The van der Waals surface area contributed by atoms with Crippen LogP contribution in [0, 0.1) is 11.8 Å². The molecule has 5 heteroatoms. The maximum atomic E-state index is 12.4. The number of benzene rings is 1. The van der Waals surface area contributed by atoms with Crippen LogP contribution < -0.4 is 20.1 Å². The van der Waals surface area contributed by atoms with E-state index in [4.69, 9.17) is 9.47 Å². The van der Waals surface area contributed by atoms with Crippen LogP contribution in [0.3, 0.4) is 0 Å². The molecule has 1 heterocycles. The summed E-state index contributed by atoms with van der Waals surface area (Å²) in [5.74, 6) is 1.77. The van der Waals surface area contributed by atoms with Crippen molar-refractivity contribution in [1.82, 2.24) is 5.32 Å². The molecule has 0 spiro atoms. The maximum absolute atomic E-state index is 12.4. The zero-order valence-electron chi connectivity index (χ0n) is 12.9. The Labute approximate surface area is 126 Å². The molecular formula is C16H24N2O3. The fraction of sp³-hybridized carbons (Fsp3) is 0.562. The van der Waals surface area contributed by atoms with Crippen molar-refractivity contribution in [2.45, 2.75) is 20.8 Å². The van der Waals surface area contributed by atoms with Gasteiger partial charge in [-0.25, -0.2) is 0 Å². The van der Waals surface area contributed by atoms with Gasteiger partial charge in [0.05, 0.1) is 24.8 Å². The molecule has 1 aromatic rings. The van der Waals surface area contributed by atoms with Crippen LogP contribution in [-0.4, -0.2) is 32.2 Å². The first-order valence-corrected chi connectivity index (χ1v) is 7.56. The Morgan fingerprint density at radius 2 is 2.05 bits per heavy atom. The molecule has 5 nitrogen and oxygen atoms in total. The second kappa shape index (κ2) is 7.31. The fourth-order valence-corrected chi connectivity index (χ4v) is 2.53. The van der Waals surface area contributed by atoms with Crippen molar-refractivity contribution in [2.24, 2.45) is 11.8 Å². The predicted octanol–water partition coefficient (Wildman–Crippen LogP) is 2.28. The van der Waals surface area contributed by atoms with E-state index in [-0.39, 0.29) is 11.8 Å². The monoisotopic (exact) mass is 292 g/mol. The summed E-state index contributed by atoms with van der Waals surface area (Å²) < 4.78 is 11.1. The Kier molecular flexibility index (Phi) is 5.44. The standard InChI is InChI=1S/C16H24N2O3/c1-4-20-12-6-7-15(21-5-2)14(8-12)18-16(19)13-10-17-9-11(13)3/h6-8,11,13,17H,4-5,9-10H2,1-3H3,(H,18,19). The summed E-state index contributed by atoms with van der Waals surface area (Å²) in [4.78, 5) is 12.4. The molecule has 2 rings (SSSR count). The molecule has 0 aromatic heterocycles. The van der Waals surface area contributed by atoms with Crippen molar-refractivity contribution < 1.29 is 14.3 Å². The summed E-state index contributed by atoms with van der Waals surface area (Å²) in [6, 6.07) is 5.50. The molecule has 2 unspecified atom stereocenters. The van der Waals surface area contributed by atoms with Gasteiger partial charge in [0.15, 0.2) is 0 Å². The highest BCUT2D eigenvalue weighted by Gasteiger charge is 2.30. The van der Waals surface area contributed by atoms with E-state index in [0.717, 1.165) is 18.8 Å². The number of carbonyl (C=O) groups is 1. The van der Waals surface area contributed by atoms with Crippen LogP contribution in [-0.2, 0) is 4.79 Å². The van der Waals surface area contributed by atoms with Crippen LogP contribution in [0.2, 0.25) is 0 Å². The topological polar surface area (TPSA) is 59.6 Å². The third kappa shape index (κ3) is 3.88. The number of carbonyl (C=O) groups excluding carboxylic acids is 1. The summed E-state index contributed by atoms with van der Waals surface area (Å²) in [6.07, 6.45) is 0. The minimum atomic E-state index is -0.00442. The lowest BCUT2D eigenvalue weighted by Crippen LogP contribution is -2.28. The lowest BCUT2D eigenvalue weighted by molar-refractivity contribution is -0.120. The van der Waals surface area contributed by atoms with Crippen LogP contribution in [0.4, 0.5) is 5.69 Å². The van der Waals surface area contributed by atoms with Gasteiger partial charge < -0.3 is 20.1 Å². The minimum absolute atomic E-state index is 0.00442. The molecule has 0 aliphatic carbocycles. The van der Waals surface area contributed by atoms with E-state index >= 15 is 0 Å². The Morgan fingerprint density at radius 1 is 1.29 bits per heavy atom. The Balaban J connectivity index is 2.15.